The number of rotatable bonds is 4. The first-order valence-electron chi connectivity index (χ1n) is 8.31. The molecular formula is C17H24N2O3S. The minimum atomic E-state index is -0.144. The predicted molar refractivity (Wildman–Crippen MR) is 89.2 cm³/mol. The second-order valence-corrected chi connectivity index (χ2v) is 7.14. The van der Waals surface area contributed by atoms with Gasteiger partial charge >= 0.3 is 5.97 Å². The van der Waals surface area contributed by atoms with E-state index in [2.05, 4.69) is 21.7 Å². The number of methoxy groups -OCH3 is 1. The van der Waals surface area contributed by atoms with E-state index in [9.17, 15) is 9.59 Å². The second kappa shape index (κ2) is 7.45. The number of ether oxygens (including phenoxy) is 1. The molecule has 1 amide bonds. The van der Waals surface area contributed by atoms with E-state index in [0.29, 0.717) is 38.5 Å². The Morgan fingerprint density at radius 1 is 1.26 bits per heavy atom. The normalized spacial score (nSPS) is 23.2. The van der Waals surface area contributed by atoms with Crippen molar-refractivity contribution in [3.05, 3.63) is 22.4 Å². The molecule has 2 fully saturated rings. The molecule has 23 heavy (non-hydrogen) atoms. The van der Waals surface area contributed by atoms with Crippen molar-refractivity contribution < 1.29 is 14.3 Å². The molecular weight excluding hydrogens is 312 g/mol. The van der Waals surface area contributed by atoms with Crippen LogP contribution < -0.4 is 0 Å². The van der Waals surface area contributed by atoms with Gasteiger partial charge in [-0.15, -0.1) is 0 Å². The molecule has 1 atom stereocenters. The van der Waals surface area contributed by atoms with Crippen LogP contribution in [0.1, 0.15) is 37.3 Å². The standard InChI is InChI=1S/C17H24N2O3S/c1-22-17(21)13-4-8-18(9-5-13)16(20)11-19-7-2-3-15(19)14-6-10-23-12-14/h6,10,12-13,15H,2-5,7-9,11H2,1H3/t15-/m0/s1. The van der Waals surface area contributed by atoms with Gasteiger partial charge in [0.2, 0.25) is 5.91 Å². The molecule has 0 bridgehead atoms. The van der Waals surface area contributed by atoms with Crippen molar-refractivity contribution in [1.29, 1.82) is 0 Å². The minimum absolute atomic E-state index is 0.0469. The van der Waals surface area contributed by atoms with E-state index in [1.165, 1.54) is 12.7 Å². The number of carbonyl (C=O) groups excluding carboxylic acids is 2. The van der Waals surface area contributed by atoms with Crippen LogP contribution in [-0.2, 0) is 14.3 Å². The molecule has 2 aliphatic heterocycles. The Morgan fingerprint density at radius 2 is 2.04 bits per heavy atom. The lowest BCUT2D eigenvalue weighted by Crippen LogP contribution is -2.45. The molecule has 126 valence electrons. The number of carbonyl (C=O) groups is 2. The lowest BCUT2D eigenvalue weighted by molar-refractivity contribution is -0.149. The van der Waals surface area contributed by atoms with Crippen molar-refractivity contribution in [2.75, 3.05) is 33.3 Å². The molecule has 1 aromatic heterocycles. The highest BCUT2D eigenvalue weighted by molar-refractivity contribution is 7.07. The summed E-state index contributed by atoms with van der Waals surface area (Å²) in [5.41, 5.74) is 1.34. The topological polar surface area (TPSA) is 49.9 Å². The van der Waals surface area contributed by atoms with Gasteiger partial charge in [0.25, 0.3) is 0 Å². The predicted octanol–water partition coefficient (Wildman–Crippen LogP) is 2.30. The SMILES string of the molecule is COC(=O)C1CCN(C(=O)CN2CCC[C@H]2c2ccsc2)CC1. The number of hydrogen-bond acceptors (Lipinski definition) is 5. The highest BCUT2D eigenvalue weighted by Crippen LogP contribution is 2.33. The highest BCUT2D eigenvalue weighted by atomic mass is 32.1. The second-order valence-electron chi connectivity index (χ2n) is 6.36. The first-order valence-corrected chi connectivity index (χ1v) is 9.25. The van der Waals surface area contributed by atoms with Crippen molar-refractivity contribution in [1.82, 2.24) is 9.80 Å². The van der Waals surface area contributed by atoms with Crippen molar-refractivity contribution in [2.24, 2.45) is 5.92 Å². The van der Waals surface area contributed by atoms with Gasteiger partial charge in [0.1, 0.15) is 0 Å². The molecule has 0 radical (unpaired) electrons. The zero-order valence-electron chi connectivity index (χ0n) is 13.6. The lowest BCUT2D eigenvalue weighted by atomic mass is 9.97. The summed E-state index contributed by atoms with van der Waals surface area (Å²) in [6, 6.07) is 2.55. The molecule has 0 unspecified atom stereocenters. The summed E-state index contributed by atoms with van der Waals surface area (Å²) in [6.45, 7) is 2.80. The van der Waals surface area contributed by atoms with E-state index in [-0.39, 0.29) is 17.8 Å². The van der Waals surface area contributed by atoms with E-state index < -0.39 is 0 Å². The largest absolute Gasteiger partial charge is 0.469 e. The summed E-state index contributed by atoms with van der Waals surface area (Å²) in [6.07, 6.45) is 3.71. The molecule has 3 heterocycles. The Bertz CT molecular complexity index is 538. The quantitative estimate of drug-likeness (QED) is 0.792. The fourth-order valence-corrected chi connectivity index (χ4v) is 4.37. The average Bonchev–Trinajstić information content (AvgIpc) is 3.25. The van der Waals surface area contributed by atoms with Crippen molar-refractivity contribution >= 4 is 23.2 Å². The third-order valence-corrected chi connectivity index (χ3v) is 5.71. The van der Waals surface area contributed by atoms with Gasteiger partial charge in [0.05, 0.1) is 19.6 Å². The van der Waals surface area contributed by atoms with E-state index in [1.54, 1.807) is 11.3 Å². The van der Waals surface area contributed by atoms with Crippen LogP contribution in [-0.4, -0.2) is 55.0 Å². The molecule has 2 aliphatic rings. The van der Waals surface area contributed by atoms with Gasteiger partial charge in [-0.25, -0.2) is 0 Å². The zero-order chi connectivity index (χ0) is 16.2. The van der Waals surface area contributed by atoms with Crippen LogP contribution in [0.15, 0.2) is 16.8 Å². The van der Waals surface area contributed by atoms with E-state index >= 15 is 0 Å². The van der Waals surface area contributed by atoms with Crippen molar-refractivity contribution in [3.8, 4) is 0 Å². The summed E-state index contributed by atoms with van der Waals surface area (Å²) in [5, 5.41) is 4.29. The molecule has 5 nitrogen and oxygen atoms in total. The monoisotopic (exact) mass is 336 g/mol. The van der Waals surface area contributed by atoms with Crippen LogP contribution in [0, 0.1) is 5.92 Å². The number of amides is 1. The van der Waals surface area contributed by atoms with E-state index in [4.69, 9.17) is 4.74 Å². The van der Waals surface area contributed by atoms with Gasteiger partial charge in [-0.05, 0) is 54.6 Å². The fraction of sp³-hybridized carbons (Fsp3) is 0.647. The number of nitrogens with zero attached hydrogens (tertiary/aromatic N) is 2. The Balaban J connectivity index is 1.52. The maximum atomic E-state index is 12.6. The Kier molecular flexibility index (Phi) is 5.33. The molecule has 0 aromatic carbocycles. The van der Waals surface area contributed by atoms with Crippen LogP contribution in [0.25, 0.3) is 0 Å². The molecule has 0 spiro atoms. The summed E-state index contributed by atoms with van der Waals surface area (Å²) >= 11 is 1.71. The van der Waals surface area contributed by atoms with Gasteiger partial charge in [-0.1, -0.05) is 0 Å². The molecule has 2 saturated heterocycles. The smallest absolute Gasteiger partial charge is 0.308 e. The van der Waals surface area contributed by atoms with Crippen LogP contribution in [0.3, 0.4) is 0 Å². The van der Waals surface area contributed by atoms with E-state index in [0.717, 1.165) is 19.4 Å². The fourth-order valence-electron chi connectivity index (χ4n) is 3.66. The Morgan fingerprint density at radius 3 is 2.70 bits per heavy atom. The van der Waals surface area contributed by atoms with Crippen LogP contribution >= 0.6 is 11.3 Å². The van der Waals surface area contributed by atoms with Crippen LogP contribution in [0.5, 0.6) is 0 Å². The zero-order valence-corrected chi connectivity index (χ0v) is 14.4. The first-order chi connectivity index (χ1) is 11.2. The van der Waals surface area contributed by atoms with Gasteiger partial charge in [-0.3, -0.25) is 14.5 Å². The lowest BCUT2D eigenvalue weighted by Gasteiger charge is -2.33. The molecule has 3 rings (SSSR count). The number of esters is 1. The number of piperidine rings is 1. The molecule has 0 saturated carbocycles. The third kappa shape index (κ3) is 3.75. The molecule has 1 aromatic rings. The maximum absolute atomic E-state index is 12.6. The molecule has 6 heteroatoms. The van der Waals surface area contributed by atoms with E-state index in [1.807, 2.05) is 4.90 Å². The maximum Gasteiger partial charge on any atom is 0.308 e. The van der Waals surface area contributed by atoms with Crippen molar-refractivity contribution in [3.63, 3.8) is 0 Å². The van der Waals surface area contributed by atoms with Gasteiger partial charge in [0, 0.05) is 19.1 Å². The van der Waals surface area contributed by atoms with Gasteiger partial charge in [0.15, 0.2) is 0 Å². The Labute approximate surface area is 141 Å². The highest BCUT2D eigenvalue weighted by Gasteiger charge is 2.32. The summed E-state index contributed by atoms with van der Waals surface area (Å²) in [7, 11) is 1.43. The molecule has 0 aliphatic carbocycles. The average molecular weight is 336 g/mol. The third-order valence-electron chi connectivity index (χ3n) is 5.01. The minimum Gasteiger partial charge on any atom is -0.469 e. The van der Waals surface area contributed by atoms with Crippen LogP contribution in [0.2, 0.25) is 0 Å². The van der Waals surface area contributed by atoms with Crippen molar-refractivity contribution in [2.45, 2.75) is 31.7 Å². The summed E-state index contributed by atoms with van der Waals surface area (Å²) < 4.78 is 4.80. The number of hydrogen-bond donors (Lipinski definition) is 0. The Hall–Kier alpha value is -1.40. The van der Waals surface area contributed by atoms with Gasteiger partial charge in [-0.2, -0.15) is 11.3 Å². The first kappa shape index (κ1) is 16.5. The van der Waals surface area contributed by atoms with Crippen LogP contribution in [0.4, 0.5) is 0 Å². The summed E-state index contributed by atoms with van der Waals surface area (Å²) in [5.74, 6) is -0.000925. The number of thiophene rings is 1. The number of likely N-dealkylation sites (tertiary alicyclic amines) is 2. The van der Waals surface area contributed by atoms with Gasteiger partial charge < -0.3 is 9.64 Å². The summed E-state index contributed by atoms with van der Waals surface area (Å²) in [4.78, 5) is 28.4. The molecule has 0 N–H and O–H groups in total.